The van der Waals surface area contributed by atoms with Crippen molar-refractivity contribution in [3.63, 3.8) is 0 Å². The van der Waals surface area contributed by atoms with E-state index in [-0.39, 0.29) is 34.6 Å². The van der Waals surface area contributed by atoms with Crippen LogP contribution in [0.1, 0.15) is 78.6 Å². The van der Waals surface area contributed by atoms with Crippen LogP contribution in [-0.4, -0.2) is 27.6 Å². The van der Waals surface area contributed by atoms with Gasteiger partial charge in [0, 0.05) is 22.8 Å². The molecule has 3 N–H and O–H groups in total. The molecule has 0 radical (unpaired) electrons. The van der Waals surface area contributed by atoms with Crippen LogP contribution < -0.4 is 10.6 Å². The number of nitrogens with zero attached hydrogens (tertiary/aromatic N) is 1. The molecule has 2 amide bonds. The zero-order valence-corrected chi connectivity index (χ0v) is 17.0. The Labute approximate surface area is 156 Å². The van der Waals surface area contributed by atoms with Gasteiger partial charge in [0.2, 0.25) is 11.8 Å². The Bertz CT molecular complexity index is 637. The molecule has 1 heterocycles. The Balaban J connectivity index is 1.97. The number of carbonyl (C=O) groups is 2. The van der Waals surface area contributed by atoms with E-state index in [1.807, 2.05) is 26.8 Å². The summed E-state index contributed by atoms with van der Waals surface area (Å²) >= 11 is 0. The van der Waals surface area contributed by atoms with Gasteiger partial charge in [-0.05, 0) is 39.7 Å². The van der Waals surface area contributed by atoms with Crippen LogP contribution in [0.3, 0.4) is 0 Å². The Morgan fingerprint density at radius 3 is 2.15 bits per heavy atom. The summed E-state index contributed by atoms with van der Waals surface area (Å²) in [5.41, 5.74) is 1.55. The van der Waals surface area contributed by atoms with Gasteiger partial charge in [0.15, 0.2) is 0 Å². The van der Waals surface area contributed by atoms with Gasteiger partial charge in [0.25, 0.3) is 0 Å². The first-order chi connectivity index (χ1) is 12.0. The summed E-state index contributed by atoms with van der Waals surface area (Å²) in [4.78, 5) is 25.3. The van der Waals surface area contributed by atoms with E-state index in [1.165, 1.54) is 0 Å². The molecule has 26 heavy (non-hydrogen) atoms. The third-order valence-electron chi connectivity index (χ3n) is 4.79. The summed E-state index contributed by atoms with van der Waals surface area (Å²) in [6.07, 6.45) is 3.54. The number of aromatic nitrogens is 2. The van der Waals surface area contributed by atoms with E-state index in [0.717, 1.165) is 37.1 Å². The molecule has 0 saturated heterocycles. The predicted octanol–water partition coefficient (Wildman–Crippen LogP) is 3.04. The summed E-state index contributed by atoms with van der Waals surface area (Å²) in [7, 11) is 0. The number of carbonyl (C=O) groups excluding carboxylic acids is 2. The van der Waals surface area contributed by atoms with Gasteiger partial charge in [-0.2, -0.15) is 5.10 Å². The molecule has 0 bridgehead atoms. The van der Waals surface area contributed by atoms with Crippen LogP contribution in [0.4, 0.5) is 0 Å². The zero-order chi connectivity index (χ0) is 19.5. The summed E-state index contributed by atoms with van der Waals surface area (Å²) in [5, 5.41) is 13.3. The standard InChI is InChI=1S/C20H34N4O2/c1-19(2,3)16-11-13(23-24-16)12-21-17(25)14-9-7-8-10-15(14)18(26)22-20(4,5)6/h11,14-15H,7-10,12H2,1-6H3,(H,21,25)(H,22,26)(H,23,24). The van der Waals surface area contributed by atoms with Gasteiger partial charge in [-0.3, -0.25) is 14.7 Å². The molecular weight excluding hydrogens is 328 g/mol. The first kappa shape index (κ1) is 20.5. The van der Waals surface area contributed by atoms with Gasteiger partial charge in [0.1, 0.15) is 0 Å². The van der Waals surface area contributed by atoms with Gasteiger partial charge in [0.05, 0.1) is 17.9 Å². The van der Waals surface area contributed by atoms with Crippen molar-refractivity contribution in [3.05, 3.63) is 17.5 Å². The third-order valence-corrected chi connectivity index (χ3v) is 4.79. The van der Waals surface area contributed by atoms with Crippen molar-refractivity contribution in [1.82, 2.24) is 20.8 Å². The Hall–Kier alpha value is -1.85. The number of rotatable bonds is 4. The molecule has 1 fully saturated rings. The molecule has 1 aliphatic rings. The van der Waals surface area contributed by atoms with Gasteiger partial charge in [-0.1, -0.05) is 33.6 Å². The van der Waals surface area contributed by atoms with E-state index in [0.29, 0.717) is 6.54 Å². The van der Waals surface area contributed by atoms with Crippen molar-refractivity contribution in [2.75, 3.05) is 0 Å². The molecular formula is C20H34N4O2. The number of hydrogen-bond acceptors (Lipinski definition) is 3. The lowest BCUT2D eigenvalue weighted by atomic mass is 9.77. The van der Waals surface area contributed by atoms with Crippen LogP contribution in [0.5, 0.6) is 0 Å². The summed E-state index contributed by atoms with van der Waals surface area (Å²) in [5.74, 6) is -0.537. The monoisotopic (exact) mass is 362 g/mol. The van der Waals surface area contributed by atoms with Crippen LogP contribution in [0.2, 0.25) is 0 Å². The van der Waals surface area contributed by atoms with Crippen LogP contribution in [0, 0.1) is 11.8 Å². The molecule has 6 heteroatoms. The number of amides is 2. The molecule has 0 aromatic carbocycles. The van der Waals surface area contributed by atoms with Crippen LogP contribution in [0.15, 0.2) is 6.07 Å². The minimum absolute atomic E-state index is 0.00564. The van der Waals surface area contributed by atoms with Crippen molar-refractivity contribution in [2.45, 2.75) is 84.7 Å². The Morgan fingerprint density at radius 1 is 1.08 bits per heavy atom. The van der Waals surface area contributed by atoms with Crippen molar-refractivity contribution in [2.24, 2.45) is 11.8 Å². The van der Waals surface area contributed by atoms with Crippen LogP contribution in [0.25, 0.3) is 0 Å². The van der Waals surface area contributed by atoms with Crippen LogP contribution >= 0.6 is 0 Å². The number of H-pyrrole nitrogens is 1. The maximum Gasteiger partial charge on any atom is 0.224 e. The van der Waals surface area contributed by atoms with E-state index < -0.39 is 0 Å². The van der Waals surface area contributed by atoms with Crippen molar-refractivity contribution < 1.29 is 9.59 Å². The van der Waals surface area contributed by atoms with Gasteiger partial charge in [-0.15, -0.1) is 0 Å². The quantitative estimate of drug-likeness (QED) is 0.769. The molecule has 0 aliphatic heterocycles. The fourth-order valence-corrected chi connectivity index (χ4v) is 3.37. The highest BCUT2D eigenvalue weighted by molar-refractivity contribution is 5.88. The third kappa shape index (κ3) is 5.58. The maximum atomic E-state index is 12.7. The highest BCUT2D eigenvalue weighted by atomic mass is 16.2. The molecule has 146 valence electrons. The van der Waals surface area contributed by atoms with Crippen molar-refractivity contribution in [3.8, 4) is 0 Å². The Kier molecular flexibility index (Phi) is 6.14. The van der Waals surface area contributed by atoms with E-state index in [4.69, 9.17) is 0 Å². The largest absolute Gasteiger partial charge is 0.351 e. The summed E-state index contributed by atoms with van der Waals surface area (Å²) < 4.78 is 0. The smallest absolute Gasteiger partial charge is 0.224 e. The zero-order valence-electron chi connectivity index (χ0n) is 17.0. The average molecular weight is 363 g/mol. The lowest BCUT2D eigenvalue weighted by Crippen LogP contribution is -2.49. The minimum atomic E-state index is -0.283. The average Bonchev–Trinajstić information content (AvgIpc) is 3.00. The molecule has 1 aliphatic carbocycles. The van der Waals surface area contributed by atoms with E-state index >= 15 is 0 Å². The molecule has 1 saturated carbocycles. The summed E-state index contributed by atoms with van der Waals surface area (Å²) in [6, 6.07) is 1.99. The number of hydrogen-bond donors (Lipinski definition) is 3. The molecule has 2 rings (SSSR count). The first-order valence-corrected chi connectivity index (χ1v) is 9.62. The van der Waals surface area contributed by atoms with E-state index in [1.54, 1.807) is 0 Å². The highest BCUT2D eigenvalue weighted by Gasteiger charge is 2.36. The van der Waals surface area contributed by atoms with Crippen molar-refractivity contribution in [1.29, 1.82) is 0 Å². The number of nitrogens with one attached hydrogen (secondary N) is 3. The first-order valence-electron chi connectivity index (χ1n) is 9.62. The molecule has 2 atom stereocenters. The lowest BCUT2D eigenvalue weighted by molar-refractivity contribution is -0.137. The molecule has 6 nitrogen and oxygen atoms in total. The highest BCUT2D eigenvalue weighted by Crippen LogP contribution is 2.31. The normalized spacial score (nSPS) is 21.3. The van der Waals surface area contributed by atoms with Crippen LogP contribution in [-0.2, 0) is 21.5 Å². The molecule has 1 aromatic heterocycles. The molecule has 2 unspecified atom stereocenters. The second-order valence-corrected chi connectivity index (χ2v) is 9.48. The van der Waals surface area contributed by atoms with Crippen molar-refractivity contribution >= 4 is 11.8 Å². The van der Waals surface area contributed by atoms with Gasteiger partial charge < -0.3 is 10.6 Å². The number of aromatic amines is 1. The maximum absolute atomic E-state index is 12.7. The second-order valence-electron chi connectivity index (χ2n) is 9.48. The van der Waals surface area contributed by atoms with E-state index in [9.17, 15) is 9.59 Å². The van der Waals surface area contributed by atoms with Gasteiger partial charge >= 0.3 is 0 Å². The Morgan fingerprint density at radius 2 is 1.65 bits per heavy atom. The van der Waals surface area contributed by atoms with Gasteiger partial charge in [-0.25, -0.2) is 0 Å². The molecule has 1 aromatic rings. The van der Waals surface area contributed by atoms with E-state index in [2.05, 4.69) is 41.6 Å². The lowest BCUT2D eigenvalue weighted by Gasteiger charge is -2.32. The topological polar surface area (TPSA) is 86.9 Å². The summed E-state index contributed by atoms with van der Waals surface area (Å²) in [6.45, 7) is 12.6. The minimum Gasteiger partial charge on any atom is -0.351 e. The predicted molar refractivity (Wildman–Crippen MR) is 102 cm³/mol. The fourth-order valence-electron chi connectivity index (χ4n) is 3.37. The fraction of sp³-hybridized carbons (Fsp3) is 0.750. The molecule has 0 spiro atoms. The second kappa shape index (κ2) is 7.80. The SMILES string of the molecule is CC(C)(C)NC(=O)C1CCCCC1C(=O)NCc1cc(C(C)(C)C)n[nH]1.